The molecule has 6 nitrogen and oxygen atoms in total. The van der Waals surface area contributed by atoms with E-state index in [1.54, 1.807) is 0 Å². The minimum Gasteiger partial charge on any atom is -0.373 e. The van der Waals surface area contributed by atoms with E-state index >= 15 is 0 Å². The van der Waals surface area contributed by atoms with E-state index in [9.17, 15) is 8.42 Å². The number of rotatable bonds is 2. The Bertz CT molecular complexity index is 363. The molecule has 100 valence electrons. The van der Waals surface area contributed by atoms with Gasteiger partial charge in [0.15, 0.2) is 0 Å². The third-order valence-electron chi connectivity index (χ3n) is 3.23. The summed E-state index contributed by atoms with van der Waals surface area (Å²) in [5.41, 5.74) is 5.76. The van der Waals surface area contributed by atoms with Crippen molar-refractivity contribution in [3.63, 3.8) is 0 Å². The maximum absolute atomic E-state index is 12.4. The van der Waals surface area contributed by atoms with Crippen LogP contribution in [0.1, 0.15) is 20.3 Å². The molecule has 2 fully saturated rings. The Balaban J connectivity index is 2.09. The van der Waals surface area contributed by atoms with Crippen LogP contribution in [0.3, 0.4) is 0 Å². The molecule has 0 unspecified atom stereocenters. The lowest BCUT2D eigenvalue weighted by molar-refractivity contribution is -0.0453. The monoisotopic (exact) mass is 263 g/mol. The largest absolute Gasteiger partial charge is 0.373 e. The van der Waals surface area contributed by atoms with Gasteiger partial charge in [-0.25, -0.2) is 0 Å². The Morgan fingerprint density at radius 3 is 2.18 bits per heavy atom. The summed E-state index contributed by atoms with van der Waals surface area (Å²) in [5, 5.41) is 0. The summed E-state index contributed by atoms with van der Waals surface area (Å²) in [7, 11) is -3.35. The van der Waals surface area contributed by atoms with Gasteiger partial charge in [-0.1, -0.05) is 0 Å². The van der Waals surface area contributed by atoms with Gasteiger partial charge in [0, 0.05) is 32.2 Å². The SMILES string of the molecule is C[C@@H]1CN(S(=O)(=O)N2CC[C@@H](N)C2)C[C@@H](C)O1. The van der Waals surface area contributed by atoms with Crippen LogP contribution in [-0.4, -0.2) is 61.5 Å². The molecular formula is C10H21N3O3S. The maximum atomic E-state index is 12.4. The first-order chi connectivity index (χ1) is 7.89. The van der Waals surface area contributed by atoms with Crippen molar-refractivity contribution in [3.8, 4) is 0 Å². The molecule has 3 atom stereocenters. The highest BCUT2D eigenvalue weighted by Crippen LogP contribution is 2.20. The highest BCUT2D eigenvalue weighted by molar-refractivity contribution is 7.86. The number of nitrogens with two attached hydrogens (primary N) is 1. The maximum Gasteiger partial charge on any atom is 0.282 e. The molecule has 2 rings (SSSR count). The van der Waals surface area contributed by atoms with Crippen molar-refractivity contribution >= 4 is 10.2 Å². The van der Waals surface area contributed by atoms with Crippen molar-refractivity contribution in [3.05, 3.63) is 0 Å². The molecular weight excluding hydrogens is 242 g/mol. The van der Waals surface area contributed by atoms with Crippen LogP contribution in [0.4, 0.5) is 0 Å². The first-order valence-corrected chi connectivity index (χ1v) is 7.45. The van der Waals surface area contributed by atoms with Gasteiger partial charge in [-0.05, 0) is 20.3 Å². The average molecular weight is 263 g/mol. The minimum absolute atomic E-state index is 0.0272. The van der Waals surface area contributed by atoms with E-state index in [0.717, 1.165) is 6.42 Å². The van der Waals surface area contributed by atoms with Crippen LogP contribution in [-0.2, 0) is 14.9 Å². The summed E-state index contributed by atoms with van der Waals surface area (Å²) >= 11 is 0. The van der Waals surface area contributed by atoms with Crippen LogP contribution in [0.2, 0.25) is 0 Å². The molecule has 0 radical (unpaired) electrons. The second-order valence-electron chi connectivity index (χ2n) is 4.99. The van der Waals surface area contributed by atoms with Crippen LogP contribution in [0, 0.1) is 0 Å². The topological polar surface area (TPSA) is 75.9 Å². The summed E-state index contributed by atoms with van der Waals surface area (Å²) in [6.07, 6.45) is 0.642. The molecule has 0 saturated carbocycles. The first-order valence-electron chi connectivity index (χ1n) is 6.06. The second kappa shape index (κ2) is 4.81. The smallest absolute Gasteiger partial charge is 0.282 e. The van der Waals surface area contributed by atoms with Crippen molar-refractivity contribution in [2.75, 3.05) is 26.2 Å². The molecule has 0 aromatic carbocycles. The van der Waals surface area contributed by atoms with Crippen molar-refractivity contribution in [1.29, 1.82) is 0 Å². The van der Waals surface area contributed by atoms with Gasteiger partial charge in [0.05, 0.1) is 12.2 Å². The van der Waals surface area contributed by atoms with Crippen molar-refractivity contribution < 1.29 is 13.2 Å². The number of morpholine rings is 1. The number of nitrogens with zero attached hydrogens (tertiary/aromatic N) is 2. The van der Waals surface area contributed by atoms with E-state index in [2.05, 4.69) is 0 Å². The van der Waals surface area contributed by atoms with E-state index in [1.165, 1.54) is 8.61 Å². The van der Waals surface area contributed by atoms with Crippen molar-refractivity contribution in [2.24, 2.45) is 5.73 Å². The van der Waals surface area contributed by atoms with E-state index < -0.39 is 10.2 Å². The quantitative estimate of drug-likeness (QED) is 0.720. The van der Waals surface area contributed by atoms with Gasteiger partial charge in [0.1, 0.15) is 0 Å². The number of ether oxygens (including phenoxy) is 1. The van der Waals surface area contributed by atoms with Gasteiger partial charge in [-0.3, -0.25) is 0 Å². The van der Waals surface area contributed by atoms with E-state index in [-0.39, 0.29) is 18.2 Å². The third kappa shape index (κ3) is 2.79. The lowest BCUT2D eigenvalue weighted by Gasteiger charge is -2.36. The highest BCUT2D eigenvalue weighted by Gasteiger charge is 2.37. The Morgan fingerprint density at radius 1 is 1.12 bits per heavy atom. The molecule has 2 aliphatic heterocycles. The summed E-state index contributed by atoms with van der Waals surface area (Å²) in [5.74, 6) is 0. The fraction of sp³-hybridized carbons (Fsp3) is 1.00. The summed E-state index contributed by atoms with van der Waals surface area (Å²) in [6.45, 7) is 5.62. The molecule has 2 heterocycles. The Morgan fingerprint density at radius 2 is 1.71 bits per heavy atom. The Labute approximate surface area is 103 Å². The summed E-state index contributed by atoms with van der Waals surface area (Å²) in [4.78, 5) is 0. The molecule has 17 heavy (non-hydrogen) atoms. The average Bonchev–Trinajstić information content (AvgIpc) is 2.64. The van der Waals surface area contributed by atoms with Crippen LogP contribution in [0.15, 0.2) is 0 Å². The number of hydrogen-bond donors (Lipinski definition) is 1. The van der Waals surface area contributed by atoms with E-state index in [0.29, 0.717) is 26.2 Å². The zero-order chi connectivity index (χ0) is 12.6. The van der Waals surface area contributed by atoms with Gasteiger partial charge in [-0.15, -0.1) is 0 Å². The van der Waals surface area contributed by atoms with E-state index in [1.807, 2.05) is 13.8 Å². The molecule has 2 N–H and O–H groups in total. The van der Waals surface area contributed by atoms with Crippen molar-refractivity contribution in [2.45, 2.75) is 38.5 Å². The molecule has 0 spiro atoms. The Kier molecular flexibility index (Phi) is 3.74. The number of hydrogen-bond acceptors (Lipinski definition) is 4. The molecule has 0 aromatic heterocycles. The molecule has 0 bridgehead atoms. The molecule has 2 aliphatic rings. The zero-order valence-electron chi connectivity index (χ0n) is 10.4. The van der Waals surface area contributed by atoms with Gasteiger partial charge in [-0.2, -0.15) is 17.0 Å². The lowest BCUT2D eigenvalue weighted by Crippen LogP contribution is -2.52. The second-order valence-corrected chi connectivity index (χ2v) is 6.92. The van der Waals surface area contributed by atoms with Gasteiger partial charge >= 0.3 is 0 Å². The molecule has 2 saturated heterocycles. The van der Waals surface area contributed by atoms with Gasteiger partial charge in [0.25, 0.3) is 10.2 Å². The van der Waals surface area contributed by atoms with Crippen LogP contribution < -0.4 is 5.73 Å². The molecule has 0 aromatic rings. The molecule has 7 heteroatoms. The summed E-state index contributed by atoms with van der Waals surface area (Å²) in [6, 6.07) is -0.0272. The first kappa shape index (κ1) is 13.2. The molecule has 0 aliphatic carbocycles. The Hall–Kier alpha value is -0.210. The fourth-order valence-corrected chi connectivity index (χ4v) is 4.29. The van der Waals surface area contributed by atoms with E-state index in [4.69, 9.17) is 10.5 Å². The zero-order valence-corrected chi connectivity index (χ0v) is 11.2. The highest BCUT2D eigenvalue weighted by atomic mass is 32.2. The predicted octanol–water partition coefficient (Wildman–Crippen LogP) is -0.627. The third-order valence-corrected chi connectivity index (χ3v) is 5.16. The van der Waals surface area contributed by atoms with Gasteiger partial charge in [0.2, 0.25) is 0 Å². The molecule has 0 amide bonds. The normalized spacial score (nSPS) is 37.5. The minimum atomic E-state index is -3.35. The lowest BCUT2D eigenvalue weighted by atomic mass is 10.3. The van der Waals surface area contributed by atoms with Crippen LogP contribution >= 0.6 is 0 Å². The summed E-state index contributed by atoms with van der Waals surface area (Å²) < 4.78 is 33.3. The van der Waals surface area contributed by atoms with Crippen LogP contribution in [0.25, 0.3) is 0 Å². The fourth-order valence-electron chi connectivity index (χ4n) is 2.45. The van der Waals surface area contributed by atoms with Crippen LogP contribution in [0.5, 0.6) is 0 Å². The predicted molar refractivity (Wildman–Crippen MR) is 64.7 cm³/mol. The standard InChI is InChI=1S/C10H21N3O3S/c1-8-5-13(6-9(2)16-8)17(14,15)12-4-3-10(11)7-12/h8-10H,3-7,11H2,1-2H3/t8-,9-,10-/m1/s1. The van der Waals surface area contributed by atoms with Gasteiger partial charge < -0.3 is 10.5 Å². The van der Waals surface area contributed by atoms with Crippen molar-refractivity contribution in [1.82, 2.24) is 8.61 Å².